The summed E-state index contributed by atoms with van der Waals surface area (Å²) < 4.78 is 5.42. The van der Waals surface area contributed by atoms with Crippen molar-refractivity contribution < 1.29 is 9.84 Å². The summed E-state index contributed by atoms with van der Waals surface area (Å²) in [6, 6.07) is 1.99. The highest BCUT2D eigenvalue weighted by Gasteiger charge is 2.34. The molecule has 2 saturated heterocycles. The molecule has 0 atom stereocenters. The van der Waals surface area contributed by atoms with E-state index >= 15 is 0 Å². The summed E-state index contributed by atoms with van der Waals surface area (Å²) in [4.78, 5) is 16.2. The third kappa shape index (κ3) is 4.04. The van der Waals surface area contributed by atoms with Crippen LogP contribution in [0.25, 0.3) is 0 Å². The highest BCUT2D eigenvalue weighted by atomic mass is 16.5. The monoisotopic (exact) mass is 347 g/mol. The van der Waals surface area contributed by atoms with Crippen molar-refractivity contribution in [2.75, 3.05) is 68.8 Å². The molecule has 0 radical (unpaired) electrons. The number of morpholine rings is 1. The Bertz CT molecular complexity index is 564. The molecule has 1 aromatic rings. The largest absolute Gasteiger partial charge is 0.389 e. The summed E-state index contributed by atoms with van der Waals surface area (Å²) in [5, 5.41) is 10.6. The van der Waals surface area contributed by atoms with Gasteiger partial charge >= 0.3 is 0 Å². The van der Waals surface area contributed by atoms with Gasteiger partial charge in [0.05, 0.1) is 18.8 Å². The van der Waals surface area contributed by atoms with E-state index in [0.717, 1.165) is 83.6 Å². The molecule has 3 fully saturated rings. The third-order valence-electron chi connectivity index (χ3n) is 5.67. The maximum atomic E-state index is 10.6. The van der Waals surface area contributed by atoms with Crippen LogP contribution in [0.4, 0.5) is 11.8 Å². The van der Waals surface area contributed by atoms with E-state index in [-0.39, 0.29) is 0 Å². The Morgan fingerprint density at radius 2 is 1.72 bits per heavy atom. The van der Waals surface area contributed by atoms with Gasteiger partial charge in [-0.2, -0.15) is 4.98 Å². The lowest BCUT2D eigenvalue weighted by atomic mass is 10.0. The minimum Gasteiger partial charge on any atom is -0.389 e. The number of hydrogen-bond acceptors (Lipinski definition) is 7. The second-order valence-corrected chi connectivity index (χ2v) is 7.51. The maximum Gasteiger partial charge on any atom is 0.227 e. The summed E-state index contributed by atoms with van der Waals surface area (Å²) in [5.74, 6) is 1.82. The first-order chi connectivity index (χ1) is 12.2. The van der Waals surface area contributed by atoms with Gasteiger partial charge in [-0.1, -0.05) is 12.8 Å². The van der Waals surface area contributed by atoms with Gasteiger partial charge in [0, 0.05) is 52.0 Å². The molecule has 1 aromatic heterocycles. The molecule has 138 valence electrons. The Morgan fingerprint density at radius 1 is 1.00 bits per heavy atom. The van der Waals surface area contributed by atoms with Gasteiger partial charge in [0.15, 0.2) is 0 Å². The fourth-order valence-electron chi connectivity index (χ4n) is 4.17. The molecule has 1 N–H and O–H groups in total. The van der Waals surface area contributed by atoms with Crippen LogP contribution in [-0.2, 0) is 4.74 Å². The average molecular weight is 347 g/mol. The summed E-state index contributed by atoms with van der Waals surface area (Å²) in [6.07, 6.45) is 6.11. The Labute approximate surface area is 149 Å². The van der Waals surface area contributed by atoms with E-state index in [1.165, 1.54) is 12.8 Å². The highest BCUT2D eigenvalue weighted by molar-refractivity contribution is 5.44. The zero-order chi connectivity index (χ0) is 17.1. The van der Waals surface area contributed by atoms with Crippen LogP contribution in [0.2, 0.25) is 0 Å². The first kappa shape index (κ1) is 17.0. The van der Waals surface area contributed by atoms with Crippen LogP contribution in [0.3, 0.4) is 0 Å². The smallest absolute Gasteiger partial charge is 0.227 e. The number of anilines is 2. The van der Waals surface area contributed by atoms with Gasteiger partial charge < -0.3 is 19.6 Å². The number of aromatic nitrogens is 2. The van der Waals surface area contributed by atoms with Crippen LogP contribution in [-0.4, -0.2) is 84.6 Å². The van der Waals surface area contributed by atoms with E-state index < -0.39 is 5.60 Å². The quantitative estimate of drug-likeness (QED) is 0.862. The number of piperazine rings is 1. The van der Waals surface area contributed by atoms with Crippen molar-refractivity contribution in [2.24, 2.45) is 0 Å². The Morgan fingerprint density at radius 3 is 2.44 bits per heavy atom. The molecule has 25 heavy (non-hydrogen) atoms. The predicted molar refractivity (Wildman–Crippen MR) is 97.1 cm³/mol. The molecule has 0 spiro atoms. The fraction of sp³-hybridized carbons (Fsp3) is 0.778. The summed E-state index contributed by atoms with van der Waals surface area (Å²) >= 11 is 0. The SMILES string of the molecule is OC1(CN2CCN(c3nccc(N4CCOCC4)n3)CC2)CCCC1. The van der Waals surface area contributed by atoms with Gasteiger partial charge in [0.1, 0.15) is 5.82 Å². The Kier molecular flexibility index (Phi) is 5.05. The van der Waals surface area contributed by atoms with Gasteiger partial charge in [0.25, 0.3) is 0 Å². The molecule has 1 saturated carbocycles. The van der Waals surface area contributed by atoms with Crippen LogP contribution >= 0.6 is 0 Å². The van der Waals surface area contributed by atoms with Crippen LogP contribution < -0.4 is 9.80 Å². The molecule has 0 amide bonds. The zero-order valence-electron chi connectivity index (χ0n) is 14.9. The summed E-state index contributed by atoms with van der Waals surface area (Å²) in [6.45, 7) is 7.90. The number of hydrogen-bond donors (Lipinski definition) is 1. The van der Waals surface area contributed by atoms with Gasteiger partial charge in [-0.25, -0.2) is 4.98 Å². The van der Waals surface area contributed by atoms with Crippen molar-refractivity contribution in [1.82, 2.24) is 14.9 Å². The first-order valence-corrected chi connectivity index (χ1v) is 9.57. The molecule has 2 aliphatic heterocycles. The zero-order valence-corrected chi connectivity index (χ0v) is 14.9. The number of β-amino-alcohol motifs (C(OH)–C–C–N with tert-alkyl or cyclic N) is 1. The Balaban J connectivity index is 1.34. The second-order valence-electron chi connectivity index (χ2n) is 7.51. The van der Waals surface area contributed by atoms with Crippen LogP contribution in [0.5, 0.6) is 0 Å². The van der Waals surface area contributed by atoms with Gasteiger partial charge in [-0.15, -0.1) is 0 Å². The minimum atomic E-state index is -0.449. The van der Waals surface area contributed by atoms with Crippen molar-refractivity contribution in [3.8, 4) is 0 Å². The molecule has 7 nitrogen and oxygen atoms in total. The van der Waals surface area contributed by atoms with Crippen molar-refractivity contribution >= 4 is 11.8 Å². The lowest BCUT2D eigenvalue weighted by Crippen LogP contribution is -2.51. The topological polar surface area (TPSA) is 65.0 Å². The first-order valence-electron chi connectivity index (χ1n) is 9.57. The van der Waals surface area contributed by atoms with Crippen molar-refractivity contribution in [3.05, 3.63) is 12.3 Å². The fourth-order valence-corrected chi connectivity index (χ4v) is 4.17. The van der Waals surface area contributed by atoms with E-state index in [1.807, 2.05) is 12.3 Å². The standard InChI is InChI=1S/C18H29N5O2/c24-18(4-1-2-5-18)15-21-7-9-23(10-8-21)17-19-6-3-16(20-17)22-11-13-25-14-12-22/h3,6,24H,1-2,4-5,7-15H2. The number of aliphatic hydroxyl groups is 1. The molecule has 4 rings (SSSR count). The summed E-state index contributed by atoms with van der Waals surface area (Å²) in [5.41, 5.74) is -0.449. The molecule has 0 unspecified atom stereocenters. The predicted octanol–water partition coefficient (Wildman–Crippen LogP) is 0.740. The third-order valence-corrected chi connectivity index (χ3v) is 5.67. The highest BCUT2D eigenvalue weighted by Crippen LogP contribution is 2.30. The van der Waals surface area contributed by atoms with Gasteiger partial charge in [-0.05, 0) is 18.9 Å². The molecule has 3 aliphatic rings. The lowest BCUT2D eigenvalue weighted by molar-refractivity contribution is 0.00796. The van der Waals surface area contributed by atoms with Gasteiger partial charge in [0.2, 0.25) is 5.95 Å². The minimum absolute atomic E-state index is 0.449. The summed E-state index contributed by atoms with van der Waals surface area (Å²) in [7, 11) is 0. The molecule has 7 heteroatoms. The maximum absolute atomic E-state index is 10.6. The number of nitrogens with zero attached hydrogens (tertiary/aromatic N) is 5. The number of ether oxygens (including phenoxy) is 1. The number of rotatable bonds is 4. The van der Waals surface area contributed by atoms with E-state index in [1.54, 1.807) is 0 Å². The van der Waals surface area contributed by atoms with E-state index in [2.05, 4.69) is 19.7 Å². The molecule has 3 heterocycles. The molecule has 0 bridgehead atoms. The normalized spacial score (nSPS) is 24.7. The average Bonchev–Trinajstić information content (AvgIpc) is 3.09. The molecule has 0 aromatic carbocycles. The van der Waals surface area contributed by atoms with Crippen LogP contribution in [0, 0.1) is 0 Å². The molecule has 1 aliphatic carbocycles. The van der Waals surface area contributed by atoms with E-state index in [9.17, 15) is 5.11 Å². The van der Waals surface area contributed by atoms with Crippen molar-refractivity contribution in [3.63, 3.8) is 0 Å². The second kappa shape index (κ2) is 7.43. The molecular formula is C18H29N5O2. The van der Waals surface area contributed by atoms with Gasteiger partial charge in [-0.3, -0.25) is 4.90 Å². The van der Waals surface area contributed by atoms with Crippen molar-refractivity contribution in [2.45, 2.75) is 31.3 Å². The Hall–Kier alpha value is -1.44. The van der Waals surface area contributed by atoms with Crippen LogP contribution in [0.1, 0.15) is 25.7 Å². The van der Waals surface area contributed by atoms with Crippen molar-refractivity contribution in [1.29, 1.82) is 0 Å². The van der Waals surface area contributed by atoms with E-state index in [4.69, 9.17) is 9.72 Å². The van der Waals surface area contributed by atoms with E-state index in [0.29, 0.717) is 0 Å². The lowest BCUT2D eigenvalue weighted by Gasteiger charge is -2.38. The van der Waals surface area contributed by atoms with Crippen LogP contribution in [0.15, 0.2) is 12.3 Å². The molecular weight excluding hydrogens is 318 g/mol.